The first-order chi connectivity index (χ1) is 9.81. The van der Waals surface area contributed by atoms with E-state index in [-0.39, 0.29) is 5.91 Å². The molecule has 0 aliphatic heterocycles. The Morgan fingerprint density at radius 1 is 1.19 bits per heavy atom. The zero-order valence-corrected chi connectivity index (χ0v) is 14.2. The molecule has 0 aromatic heterocycles. The van der Waals surface area contributed by atoms with Crippen LogP contribution in [0.2, 0.25) is 0 Å². The number of anilines is 2. The molecule has 2 N–H and O–H groups in total. The zero-order valence-electron chi connectivity index (χ0n) is 14.2. The fourth-order valence-corrected chi connectivity index (χ4v) is 2.39. The van der Waals surface area contributed by atoms with Crippen molar-refractivity contribution in [2.45, 2.75) is 53.1 Å². The third-order valence-electron chi connectivity index (χ3n) is 3.61. The molecule has 0 heterocycles. The molecule has 1 aromatic carbocycles. The van der Waals surface area contributed by atoms with Gasteiger partial charge in [-0.2, -0.15) is 0 Å². The van der Waals surface area contributed by atoms with Crippen molar-refractivity contribution in [2.24, 2.45) is 0 Å². The van der Waals surface area contributed by atoms with Crippen LogP contribution in [0.4, 0.5) is 11.4 Å². The lowest BCUT2D eigenvalue weighted by molar-refractivity contribution is -0.121. The van der Waals surface area contributed by atoms with Gasteiger partial charge in [0.1, 0.15) is 0 Å². The first-order valence-corrected chi connectivity index (χ1v) is 7.75. The van der Waals surface area contributed by atoms with Gasteiger partial charge in [-0.25, -0.2) is 0 Å². The number of hydrogen-bond acceptors (Lipinski definition) is 3. The normalized spacial score (nSPS) is 11.6. The van der Waals surface area contributed by atoms with E-state index in [4.69, 9.17) is 0 Å². The number of nitrogens with zero attached hydrogens (tertiary/aromatic N) is 1. The van der Waals surface area contributed by atoms with Crippen LogP contribution in [0, 0.1) is 0 Å². The summed E-state index contributed by atoms with van der Waals surface area (Å²) in [7, 11) is 0. The first kappa shape index (κ1) is 17.5. The van der Waals surface area contributed by atoms with Crippen molar-refractivity contribution in [1.29, 1.82) is 0 Å². The smallest absolute Gasteiger partial charge is 0.244 e. The molecule has 0 bridgehead atoms. The second-order valence-corrected chi connectivity index (χ2v) is 6.04. The lowest BCUT2D eigenvalue weighted by Crippen LogP contribution is -2.49. The van der Waals surface area contributed by atoms with Crippen molar-refractivity contribution in [2.75, 3.05) is 23.3 Å². The Morgan fingerprint density at radius 2 is 1.76 bits per heavy atom. The third-order valence-corrected chi connectivity index (χ3v) is 3.61. The van der Waals surface area contributed by atoms with Gasteiger partial charge < -0.3 is 15.5 Å². The number of carbonyl (C=O) groups excluding carboxylic acids is 1. The van der Waals surface area contributed by atoms with Gasteiger partial charge in [0, 0.05) is 24.0 Å². The van der Waals surface area contributed by atoms with E-state index in [2.05, 4.69) is 48.4 Å². The average Bonchev–Trinajstić information content (AvgIpc) is 2.41. The highest BCUT2D eigenvalue weighted by molar-refractivity contribution is 5.97. The molecule has 1 rings (SSSR count). The molecule has 4 heteroatoms. The molecule has 0 aliphatic carbocycles. The molecule has 1 aromatic rings. The summed E-state index contributed by atoms with van der Waals surface area (Å²) in [5.74, 6) is -0.0201. The highest BCUT2D eigenvalue weighted by Crippen LogP contribution is 2.20. The summed E-state index contributed by atoms with van der Waals surface area (Å²) in [5.41, 5.74) is 1.44. The number of amides is 1. The highest BCUT2D eigenvalue weighted by atomic mass is 16.2. The van der Waals surface area contributed by atoms with Crippen molar-refractivity contribution in [3.63, 3.8) is 0 Å². The molecule has 0 unspecified atom stereocenters. The molecular formula is C17H29N3O. The molecular weight excluding hydrogens is 262 g/mol. The topological polar surface area (TPSA) is 44.4 Å². The van der Waals surface area contributed by atoms with Crippen LogP contribution in [0.25, 0.3) is 0 Å². The minimum absolute atomic E-state index is 0.0201. The second-order valence-electron chi connectivity index (χ2n) is 6.04. The number of benzene rings is 1. The van der Waals surface area contributed by atoms with E-state index in [1.165, 1.54) is 5.69 Å². The molecule has 0 aliphatic rings. The summed E-state index contributed by atoms with van der Waals surface area (Å²) in [4.78, 5) is 14.5. The van der Waals surface area contributed by atoms with Crippen LogP contribution >= 0.6 is 0 Å². The standard InChI is InChI=1S/C17H29N3O/c1-7-18-17(5,6)16(21)19-14-9-11-15(12-10-14)20(8-2)13(3)4/h9-13,18H,7-8H2,1-6H3,(H,19,21). The molecule has 21 heavy (non-hydrogen) atoms. The summed E-state index contributed by atoms with van der Waals surface area (Å²) in [5, 5.41) is 6.14. The molecule has 0 fully saturated rings. The van der Waals surface area contributed by atoms with Crippen LogP contribution < -0.4 is 15.5 Å². The molecule has 0 spiro atoms. The van der Waals surface area contributed by atoms with Gasteiger partial charge in [-0.15, -0.1) is 0 Å². The molecule has 1 amide bonds. The van der Waals surface area contributed by atoms with Crippen LogP contribution in [0.15, 0.2) is 24.3 Å². The molecule has 0 saturated heterocycles. The Labute approximate surface area is 128 Å². The Hall–Kier alpha value is -1.55. The predicted octanol–water partition coefficient (Wildman–Crippen LogP) is 3.25. The van der Waals surface area contributed by atoms with E-state index in [1.807, 2.05) is 32.9 Å². The largest absolute Gasteiger partial charge is 0.369 e. The summed E-state index contributed by atoms with van der Waals surface area (Å²) in [6, 6.07) is 8.49. The predicted molar refractivity (Wildman–Crippen MR) is 91.0 cm³/mol. The maximum atomic E-state index is 12.2. The molecule has 0 atom stereocenters. The van der Waals surface area contributed by atoms with Gasteiger partial charge in [-0.05, 0) is 65.4 Å². The molecule has 0 radical (unpaired) electrons. The van der Waals surface area contributed by atoms with Gasteiger partial charge in [0.25, 0.3) is 0 Å². The SMILES string of the molecule is CCNC(C)(C)C(=O)Nc1ccc(N(CC)C(C)C)cc1. The summed E-state index contributed by atoms with van der Waals surface area (Å²) in [6.45, 7) is 14.0. The van der Waals surface area contributed by atoms with Gasteiger partial charge in [0.15, 0.2) is 0 Å². The van der Waals surface area contributed by atoms with Crippen molar-refractivity contribution in [1.82, 2.24) is 5.32 Å². The van der Waals surface area contributed by atoms with Gasteiger partial charge in [0.05, 0.1) is 5.54 Å². The maximum absolute atomic E-state index is 12.2. The number of nitrogens with one attached hydrogen (secondary N) is 2. The number of rotatable bonds is 7. The van der Waals surface area contributed by atoms with Crippen LogP contribution in [-0.2, 0) is 4.79 Å². The number of likely N-dealkylation sites (N-methyl/N-ethyl adjacent to an activating group) is 1. The van der Waals surface area contributed by atoms with E-state index < -0.39 is 5.54 Å². The lowest BCUT2D eigenvalue weighted by Gasteiger charge is -2.28. The highest BCUT2D eigenvalue weighted by Gasteiger charge is 2.26. The Morgan fingerprint density at radius 3 is 2.19 bits per heavy atom. The maximum Gasteiger partial charge on any atom is 0.244 e. The van der Waals surface area contributed by atoms with Crippen molar-refractivity contribution in [3.05, 3.63) is 24.3 Å². The van der Waals surface area contributed by atoms with E-state index in [1.54, 1.807) is 0 Å². The minimum atomic E-state index is -0.569. The van der Waals surface area contributed by atoms with E-state index in [0.717, 1.165) is 18.8 Å². The summed E-state index contributed by atoms with van der Waals surface area (Å²) < 4.78 is 0. The third kappa shape index (κ3) is 4.74. The Kier molecular flexibility index (Phi) is 6.21. The fourth-order valence-electron chi connectivity index (χ4n) is 2.39. The van der Waals surface area contributed by atoms with Crippen LogP contribution in [0.1, 0.15) is 41.5 Å². The Bertz CT molecular complexity index is 452. The van der Waals surface area contributed by atoms with Gasteiger partial charge >= 0.3 is 0 Å². The molecule has 118 valence electrons. The van der Waals surface area contributed by atoms with Gasteiger partial charge in [0.2, 0.25) is 5.91 Å². The van der Waals surface area contributed by atoms with Crippen LogP contribution in [0.5, 0.6) is 0 Å². The van der Waals surface area contributed by atoms with E-state index in [9.17, 15) is 4.79 Å². The molecule has 0 saturated carbocycles. The zero-order chi connectivity index (χ0) is 16.0. The lowest BCUT2D eigenvalue weighted by atomic mass is 10.0. The van der Waals surface area contributed by atoms with E-state index in [0.29, 0.717) is 6.04 Å². The van der Waals surface area contributed by atoms with Gasteiger partial charge in [-0.1, -0.05) is 6.92 Å². The monoisotopic (exact) mass is 291 g/mol. The number of hydrogen-bond donors (Lipinski definition) is 2. The van der Waals surface area contributed by atoms with Crippen molar-refractivity contribution < 1.29 is 4.79 Å². The van der Waals surface area contributed by atoms with Crippen molar-refractivity contribution in [3.8, 4) is 0 Å². The summed E-state index contributed by atoms with van der Waals surface area (Å²) >= 11 is 0. The quantitative estimate of drug-likeness (QED) is 0.810. The average molecular weight is 291 g/mol. The Balaban J connectivity index is 2.77. The fraction of sp³-hybridized carbons (Fsp3) is 0.588. The second kappa shape index (κ2) is 7.46. The van der Waals surface area contributed by atoms with E-state index >= 15 is 0 Å². The van der Waals surface area contributed by atoms with Crippen LogP contribution in [-0.4, -0.2) is 30.6 Å². The van der Waals surface area contributed by atoms with Gasteiger partial charge in [-0.3, -0.25) is 4.79 Å². The van der Waals surface area contributed by atoms with Crippen molar-refractivity contribution >= 4 is 17.3 Å². The minimum Gasteiger partial charge on any atom is -0.369 e. The first-order valence-electron chi connectivity index (χ1n) is 7.75. The summed E-state index contributed by atoms with van der Waals surface area (Å²) in [6.07, 6.45) is 0. The number of carbonyl (C=O) groups is 1. The molecule has 4 nitrogen and oxygen atoms in total. The van der Waals surface area contributed by atoms with Crippen LogP contribution in [0.3, 0.4) is 0 Å².